The third-order valence-corrected chi connectivity index (χ3v) is 4.99. The summed E-state index contributed by atoms with van der Waals surface area (Å²) in [6, 6.07) is 10.00. The number of aryl methyl sites for hydroxylation is 1. The summed E-state index contributed by atoms with van der Waals surface area (Å²) < 4.78 is 2.33. The number of hydrogen-bond acceptors (Lipinski definition) is 4. The molecule has 0 saturated carbocycles. The lowest BCUT2D eigenvalue weighted by Crippen LogP contribution is -1.96. The third kappa shape index (κ3) is 2.20. The summed E-state index contributed by atoms with van der Waals surface area (Å²) in [6.07, 6.45) is 1.42. The van der Waals surface area contributed by atoms with Crippen LogP contribution in [0, 0.1) is 18.3 Å². The first-order valence-corrected chi connectivity index (χ1v) is 7.49. The first-order chi connectivity index (χ1) is 9.56. The number of fused-ring (bicyclic) bond motifs is 2. The highest BCUT2D eigenvalue weighted by Crippen LogP contribution is 2.34. The monoisotopic (exact) mass is 299 g/mol. The van der Waals surface area contributed by atoms with Crippen LogP contribution in [-0.4, -0.2) is 11.1 Å². The van der Waals surface area contributed by atoms with E-state index in [2.05, 4.69) is 25.1 Å². The normalized spacial score (nSPS) is 11.9. The average molecular weight is 299 g/mol. The fourth-order valence-corrected chi connectivity index (χ4v) is 4.07. The molecule has 3 aromatic rings. The van der Waals surface area contributed by atoms with Crippen LogP contribution in [0.2, 0.25) is 0 Å². The van der Waals surface area contributed by atoms with Gasteiger partial charge in [0.1, 0.15) is 11.6 Å². The van der Waals surface area contributed by atoms with Crippen LogP contribution in [0.25, 0.3) is 26.2 Å². The number of carboxylic acid groups (broad SMARTS) is 1. The fourth-order valence-electron chi connectivity index (χ4n) is 2.08. The number of carboxylic acids is 1. The van der Waals surface area contributed by atoms with Crippen LogP contribution in [0.5, 0.6) is 0 Å². The average Bonchev–Trinajstić information content (AvgIpc) is 2.93. The number of benzene rings is 1. The van der Waals surface area contributed by atoms with E-state index in [1.807, 2.05) is 6.07 Å². The Labute approximate surface area is 123 Å². The highest BCUT2D eigenvalue weighted by atomic mass is 32.1. The summed E-state index contributed by atoms with van der Waals surface area (Å²) in [5.41, 5.74) is -0.241. The molecule has 0 saturated heterocycles. The third-order valence-electron chi connectivity index (χ3n) is 2.93. The smallest absolute Gasteiger partial charge is 0.346 e. The lowest BCUT2D eigenvalue weighted by molar-refractivity contribution is -0.132. The summed E-state index contributed by atoms with van der Waals surface area (Å²) in [5, 5.41) is 20.0. The summed E-state index contributed by atoms with van der Waals surface area (Å²) in [6.45, 7) is 2.08. The molecule has 0 aliphatic rings. The molecular weight excluding hydrogens is 290 g/mol. The second-order valence-corrected chi connectivity index (χ2v) is 6.81. The Kier molecular flexibility index (Phi) is 3.05. The van der Waals surface area contributed by atoms with E-state index in [0.717, 1.165) is 15.0 Å². The molecule has 98 valence electrons. The molecule has 2 heterocycles. The van der Waals surface area contributed by atoms with Gasteiger partial charge in [0.05, 0.1) is 0 Å². The fraction of sp³-hybridized carbons (Fsp3) is 0.0667. The van der Waals surface area contributed by atoms with E-state index < -0.39 is 5.97 Å². The van der Waals surface area contributed by atoms with Crippen LogP contribution in [0.1, 0.15) is 9.75 Å². The van der Waals surface area contributed by atoms with Gasteiger partial charge in [-0.1, -0.05) is 0 Å². The minimum Gasteiger partial charge on any atom is -0.477 e. The van der Waals surface area contributed by atoms with Gasteiger partial charge in [-0.2, -0.15) is 5.26 Å². The van der Waals surface area contributed by atoms with Crippen molar-refractivity contribution in [1.82, 2.24) is 0 Å². The van der Waals surface area contributed by atoms with Crippen molar-refractivity contribution < 1.29 is 9.90 Å². The summed E-state index contributed by atoms with van der Waals surface area (Å²) in [4.78, 5) is 12.9. The summed E-state index contributed by atoms with van der Waals surface area (Å²) in [7, 11) is 0. The lowest BCUT2D eigenvalue weighted by atomic mass is 10.2. The van der Waals surface area contributed by atoms with Crippen molar-refractivity contribution in [3.8, 4) is 6.07 Å². The Morgan fingerprint density at radius 1 is 1.20 bits per heavy atom. The van der Waals surface area contributed by atoms with Crippen LogP contribution in [0.3, 0.4) is 0 Å². The molecule has 2 aromatic heterocycles. The van der Waals surface area contributed by atoms with Gasteiger partial charge in [-0.05, 0) is 48.0 Å². The van der Waals surface area contributed by atoms with Gasteiger partial charge in [0.15, 0.2) is 0 Å². The van der Waals surface area contributed by atoms with Gasteiger partial charge in [0, 0.05) is 19.2 Å². The SMILES string of the molecule is Cc1cc2cc3sc(C=C(C#N)C(=O)O)cc3cc2s1. The van der Waals surface area contributed by atoms with Crippen molar-refractivity contribution in [3.63, 3.8) is 0 Å². The van der Waals surface area contributed by atoms with Crippen molar-refractivity contribution in [2.75, 3.05) is 0 Å². The maximum atomic E-state index is 10.9. The van der Waals surface area contributed by atoms with E-state index in [1.54, 1.807) is 17.4 Å². The van der Waals surface area contributed by atoms with Crippen LogP contribution in [0.15, 0.2) is 29.8 Å². The Morgan fingerprint density at radius 2 is 1.85 bits per heavy atom. The largest absolute Gasteiger partial charge is 0.477 e. The van der Waals surface area contributed by atoms with E-state index >= 15 is 0 Å². The molecule has 0 fully saturated rings. The Hall–Kier alpha value is -2.16. The first-order valence-electron chi connectivity index (χ1n) is 5.85. The zero-order valence-electron chi connectivity index (χ0n) is 10.5. The molecule has 5 heteroatoms. The molecule has 0 aliphatic carbocycles. The second kappa shape index (κ2) is 4.75. The molecule has 1 N–H and O–H groups in total. The zero-order chi connectivity index (χ0) is 14.3. The zero-order valence-corrected chi connectivity index (χ0v) is 12.1. The van der Waals surface area contributed by atoms with Gasteiger partial charge in [-0.15, -0.1) is 22.7 Å². The van der Waals surface area contributed by atoms with E-state index in [-0.39, 0.29) is 5.57 Å². The molecule has 0 aliphatic heterocycles. The molecule has 0 bridgehead atoms. The minimum absolute atomic E-state index is 0.241. The van der Waals surface area contributed by atoms with E-state index in [1.165, 1.54) is 32.4 Å². The van der Waals surface area contributed by atoms with E-state index in [0.29, 0.717) is 0 Å². The molecule has 0 amide bonds. The second-order valence-electron chi connectivity index (χ2n) is 4.41. The van der Waals surface area contributed by atoms with Crippen molar-refractivity contribution in [3.05, 3.63) is 39.6 Å². The van der Waals surface area contributed by atoms with E-state index in [4.69, 9.17) is 10.4 Å². The van der Waals surface area contributed by atoms with E-state index in [9.17, 15) is 4.79 Å². The van der Waals surface area contributed by atoms with Crippen molar-refractivity contribution in [2.24, 2.45) is 0 Å². The number of rotatable bonds is 2. The van der Waals surface area contributed by atoms with Gasteiger partial charge < -0.3 is 5.11 Å². The minimum atomic E-state index is -1.19. The van der Waals surface area contributed by atoms with Crippen LogP contribution in [0.4, 0.5) is 0 Å². The maximum absolute atomic E-state index is 10.9. The number of aliphatic carboxylic acids is 1. The summed E-state index contributed by atoms with van der Waals surface area (Å²) in [5.74, 6) is -1.19. The predicted molar refractivity (Wildman–Crippen MR) is 83.2 cm³/mol. The quantitative estimate of drug-likeness (QED) is 0.563. The van der Waals surface area contributed by atoms with Crippen molar-refractivity contribution >= 4 is 54.9 Å². The topological polar surface area (TPSA) is 61.1 Å². The van der Waals surface area contributed by atoms with Gasteiger partial charge >= 0.3 is 5.97 Å². The Balaban J connectivity index is 2.16. The Morgan fingerprint density at radius 3 is 2.50 bits per heavy atom. The highest BCUT2D eigenvalue weighted by molar-refractivity contribution is 7.21. The Bertz CT molecular complexity index is 858. The van der Waals surface area contributed by atoms with Gasteiger partial charge in [0.25, 0.3) is 0 Å². The van der Waals surface area contributed by atoms with Crippen molar-refractivity contribution in [2.45, 2.75) is 6.92 Å². The van der Waals surface area contributed by atoms with Gasteiger partial charge in [0.2, 0.25) is 0 Å². The highest BCUT2D eigenvalue weighted by Gasteiger charge is 2.09. The molecule has 0 spiro atoms. The number of nitriles is 1. The molecule has 20 heavy (non-hydrogen) atoms. The maximum Gasteiger partial charge on any atom is 0.346 e. The number of carbonyl (C=O) groups is 1. The van der Waals surface area contributed by atoms with Crippen molar-refractivity contribution in [1.29, 1.82) is 5.26 Å². The summed E-state index contributed by atoms with van der Waals surface area (Å²) >= 11 is 3.24. The van der Waals surface area contributed by atoms with Crippen LogP contribution < -0.4 is 0 Å². The first kappa shape index (κ1) is 12.9. The molecule has 0 radical (unpaired) electrons. The molecular formula is C15H9NO2S2. The lowest BCUT2D eigenvalue weighted by Gasteiger charge is -1.89. The van der Waals surface area contributed by atoms with Crippen LogP contribution >= 0.6 is 22.7 Å². The predicted octanol–water partition coefficient (Wildman–Crippen LogP) is 4.42. The number of hydrogen-bond donors (Lipinski definition) is 1. The number of thiophene rings is 2. The standard InChI is InChI=1S/C15H9NO2S2/c1-8-2-9-5-14-10(6-13(9)19-8)3-12(20-14)4-11(7-16)15(17)18/h2-6H,1H3,(H,17,18). The van der Waals surface area contributed by atoms with Gasteiger partial charge in [-0.3, -0.25) is 0 Å². The molecule has 3 nitrogen and oxygen atoms in total. The molecule has 0 unspecified atom stereocenters. The molecule has 1 aromatic carbocycles. The van der Waals surface area contributed by atoms with Crippen LogP contribution in [-0.2, 0) is 4.79 Å². The van der Waals surface area contributed by atoms with Gasteiger partial charge in [-0.25, -0.2) is 4.79 Å². The number of nitrogens with zero attached hydrogens (tertiary/aromatic N) is 1. The molecule has 3 rings (SSSR count). The molecule has 0 atom stereocenters.